The highest BCUT2D eigenvalue weighted by molar-refractivity contribution is 5.61. The molecule has 144 valence electrons. The summed E-state index contributed by atoms with van der Waals surface area (Å²) in [6.45, 7) is 1.80. The monoisotopic (exact) mass is 384 g/mol. The second-order valence-corrected chi connectivity index (χ2v) is 5.11. The highest BCUT2D eigenvalue weighted by Crippen LogP contribution is 2.41. The quantitative estimate of drug-likeness (QED) is 0.798. The van der Waals surface area contributed by atoms with Crippen LogP contribution in [0.3, 0.4) is 0 Å². The minimum absolute atomic E-state index is 0.106. The second-order valence-electron chi connectivity index (χ2n) is 5.11. The van der Waals surface area contributed by atoms with Crippen molar-refractivity contribution in [2.24, 2.45) is 7.05 Å². The molecule has 0 unspecified atom stereocenters. The number of ether oxygens (including phenoxy) is 1. The molecule has 7 nitrogen and oxygen atoms in total. The van der Waals surface area contributed by atoms with Crippen LogP contribution in [-0.2, 0) is 19.4 Å². The summed E-state index contributed by atoms with van der Waals surface area (Å²) in [7, 11) is 1.92. The third kappa shape index (κ3) is 3.80. The predicted octanol–water partition coefficient (Wildman–Crippen LogP) is 3.14. The average Bonchev–Trinajstić information content (AvgIpc) is 2.92. The maximum Gasteiger partial charge on any atom is 0.435 e. The Morgan fingerprint density at radius 1 is 1.08 bits per heavy atom. The molecule has 2 rings (SSSR count). The highest BCUT2D eigenvalue weighted by atomic mass is 19.4. The number of anilines is 1. The molecule has 13 heteroatoms. The molecule has 0 aromatic carbocycles. The fourth-order valence-electron chi connectivity index (χ4n) is 2.15. The molecule has 0 amide bonds. The van der Waals surface area contributed by atoms with Crippen molar-refractivity contribution in [3.05, 3.63) is 11.3 Å². The predicted molar refractivity (Wildman–Crippen MR) is 77.4 cm³/mol. The van der Waals surface area contributed by atoms with E-state index in [1.807, 2.05) is 0 Å². The molecule has 0 radical (unpaired) electrons. The van der Waals surface area contributed by atoms with Gasteiger partial charge in [-0.2, -0.15) is 31.3 Å². The van der Waals surface area contributed by atoms with Crippen molar-refractivity contribution in [1.29, 1.82) is 0 Å². The number of aromatic nitrogens is 5. The van der Waals surface area contributed by atoms with Crippen LogP contribution in [0.15, 0.2) is 0 Å². The number of alkyl halides is 6. The molecule has 0 saturated heterocycles. The average molecular weight is 384 g/mol. The topological polar surface area (TPSA) is 77.8 Å². The van der Waals surface area contributed by atoms with Crippen LogP contribution in [-0.4, -0.2) is 38.6 Å². The van der Waals surface area contributed by atoms with E-state index in [1.165, 1.54) is 0 Å². The van der Waals surface area contributed by atoms with E-state index in [0.717, 1.165) is 14.2 Å². The van der Waals surface area contributed by atoms with Crippen LogP contribution < -0.4 is 10.1 Å². The first kappa shape index (κ1) is 19.7. The zero-order valence-electron chi connectivity index (χ0n) is 13.8. The summed E-state index contributed by atoms with van der Waals surface area (Å²) in [5.74, 6) is -2.30. The Kier molecular flexibility index (Phi) is 5.28. The zero-order valence-corrected chi connectivity index (χ0v) is 13.8. The molecule has 0 saturated carbocycles. The van der Waals surface area contributed by atoms with Gasteiger partial charge in [0.2, 0.25) is 5.88 Å². The van der Waals surface area contributed by atoms with E-state index in [2.05, 4.69) is 30.3 Å². The van der Waals surface area contributed by atoms with Crippen molar-refractivity contribution in [2.75, 3.05) is 19.0 Å². The lowest BCUT2D eigenvalue weighted by Crippen LogP contribution is -2.18. The SMILES string of the molecule is CCCNc1nc(-c2nnn(C)c2C(F)(F)F)nc(OC)c1C(F)(F)F. The first-order valence-corrected chi connectivity index (χ1v) is 7.25. The van der Waals surface area contributed by atoms with Crippen LogP contribution in [0.25, 0.3) is 11.5 Å². The van der Waals surface area contributed by atoms with E-state index in [1.54, 1.807) is 6.92 Å². The van der Waals surface area contributed by atoms with Crippen LogP contribution in [0.1, 0.15) is 24.6 Å². The lowest BCUT2D eigenvalue weighted by atomic mass is 10.2. The minimum atomic E-state index is -4.88. The van der Waals surface area contributed by atoms with Gasteiger partial charge in [-0.3, -0.25) is 0 Å². The standard InChI is InChI=1S/C13H14F6N6O/c1-4-5-20-9-6(12(14,15)16)11(26-3)22-10(21-9)7-8(13(17,18)19)25(2)24-23-7/h4-5H2,1-3H3,(H,20,21,22). The summed E-state index contributed by atoms with van der Waals surface area (Å²) in [6, 6.07) is 0. The van der Waals surface area contributed by atoms with Gasteiger partial charge in [-0.05, 0) is 6.42 Å². The number of nitrogens with zero attached hydrogens (tertiary/aromatic N) is 5. The molecule has 1 N–H and O–H groups in total. The lowest BCUT2D eigenvalue weighted by Gasteiger charge is -2.17. The molecule has 0 aliphatic rings. The first-order chi connectivity index (χ1) is 12.0. The number of hydrogen-bond donors (Lipinski definition) is 1. The number of hydrogen-bond acceptors (Lipinski definition) is 6. The van der Waals surface area contributed by atoms with Crippen LogP contribution in [0.2, 0.25) is 0 Å². The van der Waals surface area contributed by atoms with Crippen molar-refractivity contribution >= 4 is 5.82 Å². The molecule has 0 fully saturated rings. The maximum atomic E-state index is 13.3. The van der Waals surface area contributed by atoms with Gasteiger partial charge in [0.1, 0.15) is 5.82 Å². The van der Waals surface area contributed by atoms with Crippen LogP contribution in [0.4, 0.5) is 32.2 Å². The van der Waals surface area contributed by atoms with E-state index in [0.29, 0.717) is 11.1 Å². The molecule has 0 bridgehead atoms. The Bertz CT molecular complexity index is 785. The fraction of sp³-hybridized carbons (Fsp3) is 0.538. The molecule has 26 heavy (non-hydrogen) atoms. The van der Waals surface area contributed by atoms with Gasteiger partial charge in [0.05, 0.1) is 7.11 Å². The molecular weight excluding hydrogens is 370 g/mol. The lowest BCUT2D eigenvalue weighted by molar-refractivity contribution is -0.143. The van der Waals surface area contributed by atoms with Crippen LogP contribution in [0.5, 0.6) is 5.88 Å². The number of halogens is 6. The third-order valence-corrected chi connectivity index (χ3v) is 3.20. The van der Waals surface area contributed by atoms with E-state index >= 15 is 0 Å². The Labute approximate surface area is 143 Å². The van der Waals surface area contributed by atoms with Crippen molar-refractivity contribution in [1.82, 2.24) is 25.0 Å². The normalized spacial score (nSPS) is 12.3. The summed E-state index contributed by atoms with van der Waals surface area (Å²) in [6.07, 6.45) is -9.28. The molecule has 2 heterocycles. The van der Waals surface area contributed by atoms with Gasteiger partial charge in [-0.25, -0.2) is 9.67 Å². The Hall–Kier alpha value is -2.60. The number of rotatable bonds is 5. The maximum absolute atomic E-state index is 13.3. The smallest absolute Gasteiger partial charge is 0.435 e. The molecule has 0 spiro atoms. The molecular formula is C13H14F6N6O. The fourth-order valence-corrected chi connectivity index (χ4v) is 2.15. The van der Waals surface area contributed by atoms with E-state index in [-0.39, 0.29) is 6.54 Å². The van der Waals surface area contributed by atoms with Crippen molar-refractivity contribution in [2.45, 2.75) is 25.7 Å². The van der Waals surface area contributed by atoms with Gasteiger partial charge in [0, 0.05) is 13.6 Å². The van der Waals surface area contributed by atoms with E-state index < -0.39 is 46.8 Å². The van der Waals surface area contributed by atoms with Gasteiger partial charge >= 0.3 is 12.4 Å². The second kappa shape index (κ2) is 6.96. The van der Waals surface area contributed by atoms with Gasteiger partial charge < -0.3 is 10.1 Å². The van der Waals surface area contributed by atoms with Crippen LogP contribution >= 0.6 is 0 Å². The minimum Gasteiger partial charge on any atom is -0.480 e. The van der Waals surface area contributed by atoms with Crippen LogP contribution in [0, 0.1) is 0 Å². The summed E-state index contributed by atoms with van der Waals surface area (Å²) in [4.78, 5) is 7.08. The Balaban J connectivity index is 2.73. The highest BCUT2D eigenvalue weighted by Gasteiger charge is 2.43. The van der Waals surface area contributed by atoms with Gasteiger partial charge in [0.25, 0.3) is 0 Å². The first-order valence-electron chi connectivity index (χ1n) is 7.25. The number of aryl methyl sites for hydroxylation is 1. The molecule has 2 aromatic rings. The molecule has 2 aromatic heterocycles. The molecule has 0 aliphatic carbocycles. The Morgan fingerprint density at radius 3 is 2.23 bits per heavy atom. The zero-order chi connectivity index (χ0) is 19.7. The largest absolute Gasteiger partial charge is 0.480 e. The van der Waals surface area contributed by atoms with Crippen molar-refractivity contribution < 1.29 is 31.1 Å². The summed E-state index contributed by atoms with van der Waals surface area (Å²) in [5, 5.41) is 9.04. The van der Waals surface area contributed by atoms with Gasteiger partial charge in [-0.1, -0.05) is 12.1 Å². The van der Waals surface area contributed by atoms with E-state index in [9.17, 15) is 26.3 Å². The van der Waals surface area contributed by atoms with Gasteiger partial charge in [0.15, 0.2) is 22.8 Å². The van der Waals surface area contributed by atoms with Crippen molar-refractivity contribution in [3.63, 3.8) is 0 Å². The third-order valence-electron chi connectivity index (χ3n) is 3.20. The molecule has 0 atom stereocenters. The Morgan fingerprint density at radius 2 is 1.73 bits per heavy atom. The summed E-state index contributed by atoms with van der Waals surface area (Å²) in [5.41, 5.74) is -3.40. The molecule has 0 aliphatic heterocycles. The summed E-state index contributed by atoms with van der Waals surface area (Å²) < 4.78 is 84.6. The van der Waals surface area contributed by atoms with E-state index in [4.69, 9.17) is 0 Å². The summed E-state index contributed by atoms with van der Waals surface area (Å²) >= 11 is 0. The number of methoxy groups -OCH3 is 1. The van der Waals surface area contributed by atoms with Gasteiger partial charge in [-0.15, -0.1) is 5.10 Å². The van der Waals surface area contributed by atoms with Crippen molar-refractivity contribution in [3.8, 4) is 17.4 Å². The number of nitrogens with one attached hydrogen (secondary N) is 1.